The van der Waals surface area contributed by atoms with E-state index in [1.165, 1.54) is 17.7 Å². The minimum absolute atomic E-state index is 0.0388. The average Bonchev–Trinajstić information content (AvgIpc) is 2.97. The van der Waals surface area contributed by atoms with Crippen molar-refractivity contribution in [2.24, 2.45) is 5.92 Å². The Morgan fingerprint density at radius 1 is 1.32 bits per heavy atom. The molecule has 0 bridgehead atoms. The van der Waals surface area contributed by atoms with Crippen LogP contribution in [0.2, 0.25) is 0 Å². The van der Waals surface area contributed by atoms with Gasteiger partial charge in [0.05, 0.1) is 13.2 Å². The molecule has 0 radical (unpaired) electrons. The van der Waals surface area contributed by atoms with Crippen molar-refractivity contribution in [2.45, 2.75) is 26.2 Å². The van der Waals surface area contributed by atoms with E-state index in [1.807, 2.05) is 12.1 Å². The van der Waals surface area contributed by atoms with E-state index in [0.717, 1.165) is 23.7 Å². The van der Waals surface area contributed by atoms with E-state index >= 15 is 0 Å². The van der Waals surface area contributed by atoms with E-state index in [0.29, 0.717) is 24.6 Å². The summed E-state index contributed by atoms with van der Waals surface area (Å²) in [6.45, 7) is 3.11. The summed E-state index contributed by atoms with van der Waals surface area (Å²) in [6.07, 6.45) is 3.31. The van der Waals surface area contributed by atoms with Gasteiger partial charge in [0, 0.05) is 35.8 Å². The molecule has 1 aliphatic rings. The number of aryl methyl sites for hydroxylation is 1. The van der Waals surface area contributed by atoms with Crippen LogP contribution >= 0.6 is 0 Å². The highest BCUT2D eigenvalue weighted by atomic mass is 16.5. The Labute approximate surface area is 147 Å². The molecule has 0 saturated carbocycles. The molecule has 0 fully saturated rings. The van der Waals surface area contributed by atoms with Gasteiger partial charge in [-0.15, -0.1) is 0 Å². The molecule has 6 nitrogen and oxygen atoms in total. The summed E-state index contributed by atoms with van der Waals surface area (Å²) in [4.78, 5) is 27.5. The highest BCUT2D eigenvalue weighted by molar-refractivity contribution is 6.00. The molecule has 134 valence electrons. The number of H-pyrrole nitrogens is 1. The number of fused-ring (bicyclic) bond motifs is 3. The molecule has 1 aliphatic carbocycles. The number of hydrogen-bond donors (Lipinski definition) is 3. The summed E-state index contributed by atoms with van der Waals surface area (Å²) in [5, 5.41) is 6.47. The molecule has 0 saturated heterocycles. The SMILES string of the molecule is COCCNC(=O)CNC(=O)c1ccc2[nH]c3c(c2c1)C[C@H](C)CC3. The number of methoxy groups -OCH3 is 1. The molecule has 6 heteroatoms. The van der Waals surface area contributed by atoms with Crippen LogP contribution in [0, 0.1) is 5.92 Å². The third-order valence-electron chi connectivity index (χ3n) is 4.73. The third-order valence-corrected chi connectivity index (χ3v) is 4.73. The highest BCUT2D eigenvalue weighted by Crippen LogP contribution is 2.32. The largest absolute Gasteiger partial charge is 0.383 e. The molecule has 1 aromatic heterocycles. The molecule has 2 aromatic rings. The van der Waals surface area contributed by atoms with Crippen molar-refractivity contribution in [1.82, 2.24) is 15.6 Å². The van der Waals surface area contributed by atoms with Gasteiger partial charge in [0.25, 0.3) is 5.91 Å². The Morgan fingerprint density at radius 3 is 2.96 bits per heavy atom. The quantitative estimate of drug-likeness (QED) is 0.699. The van der Waals surface area contributed by atoms with Crippen molar-refractivity contribution >= 4 is 22.7 Å². The van der Waals surface area contributed by atoms with Crippen molar-refractivity contribution in [1.29, 1.82) is 0 Å². The van der Waals surface area contributed by atoms with Crippen LogP contribution in [0.1, 0.15) is 35.0 Å². The number of amides is 2. The number of benzene rings is 1. The molecular formula is C19H25N3O3. The molecular weight excluding hydrogens is 318 g/mol. The average molecular weight is 343 g/mol. The zero-order valence-electron chi connectivity index (χ0n) is 14.8. The normalized spacial score (nSPS) is 16.5. The maximum atomic E-state index is 12.4. The van der Waals surface area contributed by atoms with Crippen LogP contribution in [0.4, 0.5) is 0 Å². The van der Waals surface area contributed by atoms with Crippen LogP contribution in [0.3, 0.4) is 0 Å². The Morgan fingerprint density at radius 2 is 2.16 bits per heavy atom. The smallest absolute Gasteiger partial charge is 0.251 e. The number of carbonyl (C=O) groups excluding carboxylic acids is 2. The minimum Gasteiger partial charge on any atom is -0.383 e. The number of nitrogens with one attached hydrogen (secondary N) is 3. The monoisotopic (exact) mass is 343 g/mol. The Balaban J connectivity index is 1.68. The first-order valence-corrected chi connectivity index (χ1v) is 8.75. The first-order valence-electron chi connectivity index (χ1n) is 8.75. The lowest BCUT2D eigenvalue weighted by molar-refractivity contribution is -0.120. The van der Waals surface area contributed by atoms with Crippen LogP contribution in [0.5, 0.6) is 0 Å². The van der Waals surface area contributed by atoms with Gasteiger partial charge in [-0.25, -0.2) is 0 Å². The van der Waals surface area contributed by atoms with Gasteiger partial charge in [-0.05, 0) is 48.9 Å². The summed E-state index contributed by atoms with van der Waals surface area (Å²) in [7, 11) is 1.57. The topological polar surface area (TPSA) is 83.2 Å². The maximum absolute atomic E-state index is 12.4. The number of aromatic nitrogens is 1. The lowest BCUT2D eigenvalue weighted by Crippen LogP contribution is -2.38. The molecule has 25 heavy (non-hydrogen) atoms. The van der Waals surface area contributed by atoms with Gasteiger partial charge in [-0.1, -0.05) is 6.92 Å². The molecule has 0 aliphatic heterocycles. The fraction of sp³-hybridized carbons (Fsp3) is 0.474. The highest BCUT2D eigenvalue weighted by Gasteiger charge is 2.20. The van der Waals surface area contributed by atoms with Gasteiger partial charge in [-0.2, -0.15) is 0 Å². The summed E-state index contributed by atoms with van der Waals surface area (Å²) in [6, 6.07) is 5.68. The lowest BCUT2D eigenvalue weighted by Gasteiger charge is -2.18. The molecule has 3 rings (SSSR count). The molecule has 1 atom stereocenters. The van der Waals surface area contributed by atoms with Crippen LogP contribution in [0.15, 0.2) is 18.2 Å². The van der Waals surface area contributed by atoms with Crippen molar-refractivity contribution in [2.75, 3.05) is 26.8 Å². The number of rotatable bonds is 6. The van der Waals surface area contributed by atoms with E-state index in [1.54, 1.807) is 13.2 Å². The predicted molar refractivity (Wildman–Crippen MR) is 96.7 cm³/mol. The van der Waals surface area contributed by atoms with E-state index in [2.05, 4.69) is 22.5 Å². The Hall–Kier alpha value is -2.34. The van der Waals surface area contributed by atoms with E-state index in [-0.39, 0.29) is 18.4 Å². The van der Waals surface area contributed by atoms with E-state index in [4.69, 9.17) is 4.74 Å². The standard InChI is InChI=1S/C19H25N3O3/c1-12-3-5-16-14(9-12)15-10-13(4-6-17(15)22-16)19(24)21-11-18(23)20-7-8-25-2/h4,6,10,12,22H,3,5,7-9,11H2,1-2H3,(H,20,23)(H,21,24)/t12-/m1/s1. The third kappa shape index (κ3) is 4.02. The minimum atomic E-state index is -0.234. The summed E-state index contributed by atoms with van der Waals surface area (Å²) >= 11 is 0. The molecule has 0 spiro atoms. The number of hydrogen-bond acceptors (Lipinski definition) is 3. The number of carbonyl (C=O) groups is 2. The second-order valence-corrected chi connectivity index (χ2v) is 6.72. The maximum Gasteiger partial charge on any atom is 0.251 e. The van der Waals surface area contributed by atoms with Gasteiger partial charge in [-0.3, -0.25) is 9.59 Å². The van der Waals surface area contributed by atoms with Crippen molar-refractivity contribution in [3.63, 3.8) is 0 Å². The van der Waals surface area contributed by atoms with Gasteiger partial charge in [0.15, 0.2) is 0 Å². The van der Waals surface area contributed by atoms with Crippen LogP contribution in [-0.4, -0.2) is 43.6 Å². The summed E-state index contributed by atoms with van der Waals surface area (Å²) in [5.74, 6) is 0.210. The zero-order chi connectivity index (χ0) is 17.8. The van der Waals surface area contributed by atoms with E-state index in [9.17, 15) is 9.59 Å². The molecule has 1 heterocycles. The van der Waals surface area contributed by atoms with E-state index < -0.39 is 0 Å². The second-order valence-electron chi connectivity index (χ2n) is 6.72. The number of ether oxygens (including phenoxy) is 1. The first kappa shape index (κ1) is 17.5. The molecule has 0 unspecified atom stereocenters. The van der Waals surface area contributed by atoms with Crippen molar-refractivity contribution < 1.29 is 14.3 Å². The summed E-state index contributed by atoms with van der Waals surface area (Å²) < 4.78 is 4.87. The van der Waals surface area contributed by atoms with Crippen LogP contribution in [0.25, 0.3) is 10.9 Å². The molecule has 1 aromatic carbocycles. The zero-order valence-corrected chi connectivity index (χ0v) is 14.8. The van der Waals surface area contributed by atoms with Gasteiger partial charge >= 0.3 is 0 Å². The second kappa shape index (κ2) is 7.70. The number of aromatic amines is 1. The van der Waals surface area contributed by atoms with Gasteiger partial charge < -0.3 is 20.4 Å². The fourth-order valence-corrected chi connectivity index (χ4v) is 3.35. The lowest BCUT2D eigenvalue weighted by atomic mass is 9.87. The van der Waals surface area contributed by atoms with Gasteiger partial charge in [0.2, 0.25) is 5.91 Å². The van der Waals surface area contributed by atoms with Crippen molar-refractivity contribution in [3.8, 4) is 0 Å². The summed E-state index contributed by atoms with van der Waals surface area (Å²) in [5.41, 5.74) is 4.29. The first-order chi connectivity index (χ1) is 12.1. The van der Waals surface area contributed by atoms with Crippen LogP contribution in [-0.2, 0) is 22.4 Å². The van der Waals surface area contributed by atoms with Gasteiger partial charge in [0.1, 0.15) is 0 Å². The Bertz CT molecular complexity index is 782. The predicted octanol–water partition coefficient (Wildman–Crippen LogP) is 1.79. The molecule has 3 N–H and O–H groups in total. The van der Waals surface area contributed by atoms with Crippen molar-refractivity contribution in [3.05, 3.63) is 35.0 Å². The Kier molecular flexibility index (Phi) is 5.38. The fourth-order valence-electron chi connectivity index (χ4n) is 3.35. The van der Waals surface area contributed by atoms with Crippen LogP contribution < -0.4 is 10.6 Å². The molecule has 2 amide bonds.